The molecule has 0 radical (unpaired) electrons. The molecular formula is C24H20I6MgN4O8. The van der Waals surface area contributed by atoms with Gasteiger partial charge in [0, 0.05) is 44.0 Å². The summed E-state index contributed by atoms with van der Waals surface area (Å²) in [5, 5.41) is 34.7. The van der Waals surface area contributed by atoms with Crippen molar-refractivity contribution >= 4 is 217 Å². The van der Waals surface area contributed by atoms with E-state index >= 15 is 0 Å². The smallest absolute Gasteiger partial charge is 0.862 e. The molecule has 228 valence electrons. The molecule has 0 fully saturated rings. The van der Waals surface area contributed by atoms with Gasteiger partial charge in [0.2, 0.25) is 17.7 Å². The number of rotatable bonds is 6. The molecule has 0 atom stereocenters. The van der Waals surface area contributed by atoms with Crippen molar-refractivity contribution in [2.24, 2.45) is 4.99 Å². The van der Waals surface area contributed by atoms with E-state index < -0.39 is 17.8 Å². The quantitative estimate of drug-likeness (QED) is 0.188. The Labute approximate surface area is 345 Å². The van der Waals surface area contributed by atoms with Crippen LogP contribution in [-0.4, -0.2) is 77.8 Å². The molecule has 2 aromatic carbocycles. The molecule has 0 heterocycles. The number of nitrogens with one attached hydrogen (secondary N) is 1. The molecule has 3 amide bonds. The Morgan fingerprint density at radius 3 is 1.47 bits per heavy atom. The molecule has 2 aromatic rings. The van der Waals surface area contributed by atoms with E-state index in [4.69, 9.17) is 0 Å². The van der Waals surface area contributed by atoms with Gasteiger partial charge in [-0.3, -0.25) is 19.4 Å². The normalized spacial score (nSPS) is 10.6. The maximum Gasteiger partial charge on any atom is 2.00 e. The molecule has 0 saturated carbocycles. The average Bonchev–Trinajstić information content (AvgIpc) is 2.83. The number of carboxylic acids is 2. The summed E-state index contributed by atoms with van der Waals surface area (Å²) in [4.78, 5) is 64.0. The van der Waals surface area contributed by atoms with Crippen LogP contribution in [-0.2, 0) is 14.4 Å². The molecule has 2 rings (SSSR count). The molecule has 0 aromatic heterocycles. The number of nitrogens with zero attached hydrogens (tertiary/aromatic N) is 3. The van der Waals surface area contributed by atoms with Crippen LogP contribution in [0.15, 0.2) is 4.99 Å². The minimum absolute atomic E-state index is 0. The van der Waals surface area contributed by atoms with E-state index in [9.17, 15) is 39.3 Å². The zero-order valence-electron chi connectivity index (χ0n) is 23.1. The molecule has 0 saturated heterocycles. The van der Waals surface area contributed by atoms with E-state index in [1.165, 1.54) is 44.5 Å². The van der Waals surface area contributed by atoms with Crippen molar-refractivity contribution < 1.29 is 39.3 Å². The van der Waals surface area contributed by atoms with Gasteiger partial charge in [-0.05, 0) is 148 Å². The predicted molar refractivity (Wildman–Crippen MR) is 211 cm³/mol. The number of aliphatic imine (C=N–C) groups is 1. The van der Waals surface area contributed by atoms with Gasteiger partial charge in [-0.25, -0.2) is 4.79 Å². The molecule has 0 bridgehead atoms. The van der Waals surface area contributed by atoms with Crippen LogP contribution in [0.2, 0.25) is 0 Å². The van der Waals surface area contributed by atoms with Crippen LogP contribution in [0.3, 0.4) is 0 Å². The third-order valence-electron chi connectivity index (χ3n) is 5.17. The van der Waals surface area contributed by atoms with Gasteiger partial charge in [-0.2, -0.15) is 0 Å². The first-order valence-corrected chi connectivity index (χ1v) is 17.5. The summed E-state index contributed by atoms with van der Waals surface area (Å²) in [6, 6.07) is 0. The van der Waals surface area contributed by atoms with E-state index in [1.54, 1.807) is 7.05 Å². The Bertz CT molecular complexity index is 1530. The van der Waals surface area contributed by atoms with Gasteiger partial charge >= 0.3 is 29.0 Å². The number of anilines is 3. The molecule has 2 N–H and O–H groups in total. The fraction of sp³-hybridized carbons (Fsp3) is 0.250. The van der Waals surface area contributed by atoms with Crippen molar-refractivity contribution in [2.75, 3.05) is 29.2 Å². The van der Waals surface area contributed by atoms with Crippen LogP contribution >= 0.6 is 136 Å². The fourth-order valence-electron chi connectivity index (χ4n) is 3.10. The summed E-state index contributed by atoms with van der Waals surface area (Å²) >= 11 is 11.4. The van der Waals surface area contributed by atoms with Gasteiger partial charge in [0.25, 0.3) is 0 Å². The van der Waals surface area contributed by atoms with Crippen LogP contribution in [0.5, 0.6) is 0 Å². The fourth-order valence-corrected chi connectivity index (χ4v) is 12.3. The minimum atomic E-state index is -1.38. The Hall–Kier alpha value is 0.406. The van der Waals surface area contributed by atoms with Gasteiger partial charge < -0.3 is 35.2 Å². The number of carbonyl (C=O) groups is 5. The Balaban J connectivity index is 0.000000802. The summed E-state index contributed by atoms with van der Waals surface area (Å²) in [5.41, 5.74) is 1.53. The molecule has 0 aliphatic heterocycles. The average molecular weight is 1280 g/mol. The maximum atomic E-state index is 11.6. The Kier molecular flexibility index (Phi) is 18.8. The van der Waals surface area contributed by atoms with Crippen molar-refractivity contribution in [3.63, 3.8) is 0 Å². The van der Waals surface area contributed by atoms with Gasteiger partial charge in [-0.15, -0.1) is 0 Å². The zero-order chi connectivity index (χ0) is 33.0. The second-order valence-corrected chi connectivity index (χ2v) is 14.6. The van der Waals surface area contributed by atoms with Gasteiger partial charge in [0.05, 0.1) is 52.1 Å². The van der Waals surface area contributed by atoms with Crippen LogP contribution in [0.1, 0.15) is 48.4 Å². The monoisotopic (exact) mass is 1280 g/mol. The Morgan fingerprint density at radius 2 is 1.12 bits per heavy atom. The number of hydrogen-bond donors (Lipinski definition) is 2. The molecule has 43 heavy (non-hydrogen) atoms. The first kappa shape index (κ1) is 43.4. The number of amides is 3. The SMILES string of the molecule is CC(=O)N(C)c1c(I)c(N=C(C)[O-])c(I)c(C(=O)[O-])c1I.CC(=O)Nc1c(I)c(C(=O)O)c(I)c(N(C)C(C)=O)c1I.[Mg+2]. The van der Waals surface area contributed by atoms with Crippen molar-refractivity contribution in [3.8, 4) is 0 Å². The zero-order valence-corrected chi connectivity index (χ0v) is 37.5. The maximum absolute atomic E-state index is 11.6. The first-order valence-electron chi connectivity index (χ1n) is 11.0. The summed E-state index contributed by atoms with van der Waals surface area (Å²) in [7, 11) is 3.10. The van der Waals surface area contributed by atoms with Crippen LogP contribution in [0, 0.1) is 21.4 Å². The predicted octanol–water partition coefficient (Wildman–Crippen LogP) is 4.02. The van der Waals surface area contributed by atoms with Crippen molar-refractivity contribution in [3.05, 3.63) is 32.5 Å². The van der Waals surface area contributed by atoms with Crippen LogP contribution in [0.25, 0.3) is 0 Å². The summed E-state index contributed by atoms with van der Waals surface area (Å²) in [6.07, 6.45) is 0. The molecule has 19 heteroatoms. The largest absolute Gasteiger partial charge is 2.00 e. The van der Waals surface area contributed by atoms with E-state index in [1.807, 2.05) is 136 Å². The third-order valence-corrected chi connectivity index (χ3v) is 11.5. The molecule has 0 unspecified atom stereocenters. The standard InChI is InChI=1S/2C12H11I3N2O4.Mg/c2*1-4(18)16-10-7(13)6(12(20)21)8(14)11(9(10)15)17(3)5(2)19;/h2*1-3H3,(H,16,18)(H,20,21);/q;;+2/p-2. The summed E-state index contributed by atoms with van der Waals surface area (Å²) < 4.78 is 2.75. The third kappa shape index (κ3) is 10.7. The van der Waals surface area contributed by atoms with Gasteiger partial charge in [-0.1, -0.05) is 0 Å². The number of carboxylic acid groups (broad SMARTS) is 2. The number of aromatic carboxylic acids is 2. The second-order valence-electron chi connectivity index (χ2n) is 8.12. The topological polar surface area (TPSA) is 183 Å². The van der Waals surface area contributed by atoms with Crippen molar-refractivity contribution in [2.45, 2.75) is 27.7 Å². The molecule has 0 aliphatic rings. The minimum Gasteiger partial charge on any atom is -0.862 e. The van der Waals surface area contributed by atoms with Crippen LogP contribution in [0.4, 0.5) is 22.7 Å². The number of halogens is 6. The summed E-state index contributed by atoms with van der Waals surface area (Å²) in [6.45, 7) is 5.38. The first-order chi connectivity index (χ1) is 19.2. The van der Waals surface area contributed by atoms with Crippen molar-refractivity contribution in [1.29, 1.82) is 0 Å². The second kappa shape index (κ2) is 18.7. The molecule has 0 aliphatic carbocycles. The van der Waals surface area contributed by atoms with E-state index in [2.05, 4.69) is 10.3 Å². The van der Waals surface area contributed by atoms with Crippen molar-refractivity contribution in [1.82, 2.24) is 0 Å². The number of carbonyl (C=O) groups excluding carboxylic acids is 4. The molecule has 0 spiro atoms. The number of benzene rings is 2. The van der Waals surface area contributed by atoms with Crippen LogP contribution < -0.4 is 25.3 Å². The molecular weight excluding hydrogens is 1260 g/mol. The van der Waals surface area contributed by atoms with Gasteiger partial charge in [0.1, 0.15) is 0 Å². The van der Waals surface area contributed by atoms with Gasteiger partial charge in [0.15, 0.2) is 0 Å². The molecule has 12 nitrogen and oxygen atoms in total. The van der Waals surface area contributed by atoms with E-state index in [0.717, 1.165) is 0 Å². The van der Waals surface area contributed by atoms with E-state index in [0.29, 0.717) is 38.5 Å². The summed E-state index contributed by atoms with van der Waals surface area (Å²) in [5.74, 6) is -3.72. The Morgan fingerprint density at radius 1 is 0.698 bits per heavy atom. The van der Waals surface area contributed by atoms with E-state index in [-0.39, 0.29) is 57.6 Å². The number of hydrogen-bond acceptors (Lipinski definition) is 8.